The third kappa shape index (κ3) is 10.9. The van der Waals surface area contributed by atoms with Crippen LogP contribution in [-0.2, 0) is 25.6 Å². The highest BCUT2D eigenvalue weighted by atomic mass is 35.5. The lowest BCUT2D eigenvalue weighted by Gasteiger charge is -2.28. The number of benzene rings is 2. The highest BCUT2D eigenvalue weighted by molar-refractivity contribution is 6.34. The van der Waals surface area contributed by atoms with Crippen molar-refractivity contribution < 1.29 is 32.7 Å². The molecule has 0 aliphatic heterocycles. The van der Waals surface area contributed by atoms with E-state index in [1.807, 2.05) is 0 Å². The molecule has 12 heteroatoms. The normalized spacial score (nSPS) is 13.2. The first kappa shape index (κ1) is 34.0. The van der Waals surface area contributed by atoms with Gasteiger partial charge in [0, 0.05) is 23.0 Å². The highest BCUT2D eigenvalue weighted by Crippen LogP contribution is 2.24. The minimum absolute atomic E-state index is 0.0110. The summed E-state index contributed by atoms with van der Waals surface area (Å²) in [7, 11) is 0. The molecule has 2 rings (SSSR count). The Morgan fingerprint density at radius 1 is 0.927 bits per heavy atom. The van der Waals surface area contributed by atoms with E-state index in [-0.39, 0.29) is 18.7 Å². The van der Waals surface area contributed by atoms with Crippen LogP contribution in [0, 0.1) is 11.3 Å². The number of halogens is 4. The molecule has 2 aromatic rings. The Morgan fingerprint density at radius 3 is 2.05 bits per heavy atom. The Labute approximate surface area is 248 Å². The molecule has 2 atom stereocenters. The average molecular weight is 615 g/mol. The van der Waals surface area contributed by atoms with Gasteiger partial charge >= 0.3 is 5.92 Å². The van der Waals surface area contributed by atoms with Crippen LogP contribution >= 0.6 is 23.2 Å². The van der Waals surface area contributed by atoms with E-state index in [0.29, 0.717) is 15.6 Å². The van der Waals surface area contributed by atoms with Gasteiger partial charge in [-0.05, 0) is 35.1 Å². The molecule has 0 aromatic heterocycles. The molecule has 41 heavy (non-hydrogen) atoms. The van der Waals surface area contributed by atoms with Crippen molar-refractivity contribution >= 4 is 46.7 Å². The number of hydrogen-bond donors (Lipinski definition) is 3. The van der Waals surface area contributed by atoms with Gasteiger partial charge in [0.15, 0.2) is 6.61 Å². The van der Waals surface area contributed by atoms with E-state index in [1.165, 1.54) is 32.0 Å². The van der Waals surface area contributed by atoms with Crippen LogP contribution in [0.1, 0.15) is 40.2 Å². The van der Waals surface area contributed by atoms with Gasteiger partial charge in [-0.3, -0.25) is 19.2 Å². The molecule has 1 unspecified atom stereocenters. The molecule has 0 spiro atoms. The molecular weight excluding hydrogens is 579 g/mol. The molecule has 2 aromatic carbocycles. The van der Waals surface area contributed by atoms with Crippen molar-refractivity contribution in [1.29, 1.82) is 0 Å². The lowest BCUT2D eigenvalue weighted by molar-refractivity contribution is -0.161. The molecule has 0 radical (unpaired) electrons. The molecule has 0 fully saturated rings. The SMILES string of the molecule is CC(C)[C@H](NC(=O)C(Cc1ccccc1)NC(=O)COc1cc(Cl)cc(Cl)c1)C(=O)C(F)(F)C(=O)NCC(C)(C)C. The predicted octanol–water partition coefficient (Wildman–Crippen LogP) is 4.61. The summed E-state index contributed by atoms with van der Waals surface area (Å²) in [6.07, 6.45) is -0.0110. The Balaban J connectivity index is 2.20. The van der Waals surface area contributed by atoms with E-state index in [2.05, 4.69) is 16.0 Å². The first-order chi connectivity index (χ1) is 19.0. The van der Waals surface area contributed by atoms with Crippen LogP contribution in [0.4, 0.5) is 8.78 Å². The van der Waals surface area contributed by atoms with Crippen molar-refractivity contribution in [1.82, 2.24) is 16.0 Å². The van der Waals surface area contributed by atoms with E-state index in [4.69, 9.17) is 27.9 Å². The lowest BCUT2D eigenvalue weighted by atomic mass is 9.93. The largest absolute Gasteiger partial charge is 0.484 e. The third-order valence-corrected chi connectivity index (χ3v) is 6.20. The summed E-state index contributed by atoms with van der Waals surface area (Å²) >= 11 is 11.9. The van der Waals surface area contributed by atoms with Gasteiger partial charge in [-0.15, -0.1) is 0 Å². The van der Waals surface area contributed by atoms with Crippen LogP contribution in [-0.4, -0.2) is 54.7 Å². The number of ether oxygens (including phenoxy) is 1. The maximum absolute atomic E-state index is 14.9. The maximum Gasteiger partial charge on any atom is 0.383 e. The van der Waals surface area contributed by atoms with Crippen LogP contribution in [0.25, 0.3) is 0 Å². The molecule has 0 aliphatic rings. The Kier molecular flexibility index (Phi) is 12.1. The zero-order valence-electron chi connectivity index (χ0n) is 23.5. The van der Waals surface area contributed by atoms with Crippen molar-refractivity contribution in [3.63, 3.8) is 0 Å². The summed E-state index contributed by atoms with van der Waals surface area (Å²) in [6, 6.07) is 10.1. The second-order valence-electron chi connectivity index (χ2n) is 11.1. The number of hydrogen-bond acceptors (Lipinski definition) is 5. The number of ketones is 1. The topological polar surface area (TPSA) is 114 Å². The number of carbonyl (C=O) groups is 4. The number of nitrogens with one attached hydrogen (secondary N) is 3. The van der Waals surface area contributed by atoms with Crippen LogP contribution in [0.15, 0.2) is 48.5 Å². The van der Waals surface area contributed by atoms with Gasteiger partial charge in [0.2, 0.25) is 11.7 Å². The first-order valence-corrected chi connectivity index (χ1v) is 13.7. The molecule has 3 amide bonds. The second-order valence-corrected chi connectivity index (χ2v) is 12.0. The van der Waals surface area contributed by atoms with Gasteiger partial charge in [-0.25, -0.2) is 0 Å². The smallest absolute Gasteiger partial charge is 0.383 e. The molecule has 0 saturated carbocycles. The summed E-state index contributed by atoms with van der Waals surface area (Å²) in [5.74, 6) is -10.0. The molecular formula is C29H35Cl2F2N3O5. The van der Waals surface area contributed by atoms with E-state index in [1.54, 1.807) is 51.1 Å². The third-order valence-electron chi connectivity index (χ3n) is 5.76. The Hall–Kier alpha value is -3.24. The summed E-state index contributed by atoms with van der Waals surface area (Å²) < 4.78 is 35.2. The highest BCUT2D eigenvalue weighted by Gasteiger charge is 2.51. The summed E-state index contributed by atoms with van der Waals surface area (Å²) in [5, 5.41) is 7.54. The minimum atomic E-state index is -4.39. The number of amides is 3. The summed E-state index contributed by atoms with van der Waals surface area (Å²) in [6.45, 7) is 7.54. The number of alkyl halides is 2. The fourth-order valence-electron chi connectivity index (χ4n) is 3.61. The molecule has 8 nitrogen and oxygen atoms in total. The molecule has 224 valence electrons. The number of carbonyl (C=O) groups excluding carboxylic acids is 4. The van der Waals surface area contributed by atoms with E-state index in [0.717, 1.165) is 0 Å². The monoisotopic (exact) mass is 613 g/mol. The molecule has 0 saturated heterocycles. The molecule has 0 aliphatic carbocycles. The minimum Gasteiger partial charge on any atom is -0.484 e. The van der Waals surface area contributed by atoms with Crippen LogP contribution in [0.3, 0.4) is 0 Å². The maximum atomic E-state index is 14.9. The van der Waals surface area contributed by atoms with Gasteiger partial charge in [-0.1, -0.05) is 88.2 Å². The second kappa shape index (κ2) is 14.6. The van der Waals surface area contributed by atoms with Gasteiger partial charge in [0.25, 0.3) is 11.8 Å². The van der Waals surface area contributed by atoms with Crippen molar-refractivity contribution in [2.75, 3.05) is 13.2 Å². The quantitative estimate of drug-likeness (QED) is 0.286. The standard InChI is InChI=1S/C29H35Cl2F2N3O5/c1-17(2)24(25(38)29(32,33)27(40)34-16-28(3,4)5)36-26(39)22(11-18-9-7-6-8-10-18)35-23(37)15-41-21-13-19(30)12-20(31)14-21/h6-10,12-14,17,22,24H,11,15-16H2,1-5H3,(H,34,40)(H,35,37)(H,36,39)/t22?,24-/m0/s1. The summed E-state index contributed by atoms with van der Waals surface area (Å²) in [5.41, 5.74) is 0.168. The van der Waals surface area contributed by atoms with Crippen LogP contribution < -0.4 is 20.7 Å². The average Bonchev–Trinajstić information content (AvgIpc) is 2.87. The van der Waals surface area contributed by atoms with Gasteiger partial charge in [-0.2, -0.15) is 8.78 Å². The fourth-order valence-corrected chi connectivity index (χ4v) is 4.11. The van der Waals surface area contributed by atoms with Gasteiger partial charge < -0.3 is 20.7 Å². The van der Waals surface area contributed by atoms with Crippen LogP contribution in [0.2, 0.25) is 10.0 Å². The Bertz CT molecular complexity index is 1220. The summed E-state index contributed by atoms with van der Waals surface area (Å²) in [4.78, 5) is 51.2. The molecule has 3 N–H and O–H groups in total. The van der Waals surface area contributed by atoms with Gasteiger partial charge in [0.05, 0.1) is 6.04 Å². The Morgan fingerprint density at radius 2 is 1.51 bits per heavy atom. The van der Waals surface area contributed by atoms with Crippen molar-refractivity contribution in [2.24, 2.45) is 11.3 Å². The molecule has 0 heterocycles. The van der Waals surface area contributed by atoms with Crippen molar-refractivity contribution in [3.8, 4) is 5.75 Å². The van der Waals surface area contributed by atoms with E-state index < -0.39 is 59.5 Å². The lowest BCUT2D eigenvalue weighted by Crippen LogP contribution is -2.59. The fraction of sp³-hybridized carbons (Fsp3) is 0.448. The first-order valence-electron chi connectivity index (χ1n) is 12.9. The van der Waals surface area contributed by atoms with Crippen LogP contribution in [0.5, 0.6) is 5.75 Å². The van der Waals surface area contributed by atoms with E-state index >= 15 is 0 Å². The molecule has 0 bridgehead atoms. The van der Waals surface area contributed by atoms with Crippen molar-refractivity contribution in [3.05, 3.63) is 64.1 Å². The predicted molar refractivity (Wildman–Crippen MR) is 153 cm³/mol. The van der Waals surface area contributed by atoms with Crippen molar-refractivity contribution in [2.45, 2.75) is 59.0 Å². The van der Waals surface area contributed by atoms with E-state index in [9.17, 15) is 28.0 Å². The zero-order valence-corrected chi connectivity index (χ0v) is 25.0. The number of rotatable bonds is 13. The van der Waals surface area contributed by atoms with Gasteiger partial charge in [0.1, 0.15) is 11.8 Å². The number of Topliss-reactive ketones (excluding diaryl/α,β-unsaturated/α-hetero) is 1. The zero-order chi connectivity index (χ0) is 31.0.